The number of thioether (sulfide) groups is 1. The standard InChI is InChI=1S/C27H33N3O4S/c1-34-26(32)17-6-8-20(9-7-17)30-25(35-21-4-2-3-5-21)22(15-28-30)24(31)29-23-18-10-16-11-19(23)14-27(33,12-16)13-18/h6-9,15-16,18-19,21,23,33H,2-5,10-14H2,1H3,(H,29,31)/t16?,18-,19+,23?,27?. The van der Waals surface area contributed by atoms with Crippen LogP contribution in [0.5, 0.6) is 0 Å². The Bertz CT molecular complexity index is 1110. The molecule has 5 atom stereocenters. The number of aliphatic hydroxyl groups is 1. The van der Waals surface area contributed by atoms with Crippen LogP contribution in [0, 0.1) is 17.8 Å². The summed E-state index contributed by atoms with van der Waals surface area (Å²) in [5, 5.41) is 20.3. The molecule has 1 amide bonds. The molecular weight excluding hydrogens is 462 g/mol. The monoisotopic (exact) mass is 495 g/mol. The normalized spacial score (nSPS) is 31.6. The Hall–Kier alpha value is -2.32. The SMILES string of the molecule is COC(=O)c1ccc(-n2ncc(C(=O)NC3[C@@H]4CC5C[C@H]3CC(O)(C5)C4)c2SC2CCCC2)cc1. The summed E-state index contributed by atoms with van der Waals surface area (Å²) in [4.78, 5) is 25.5. The van der Waals surface area contributed by atoms with E-state index in [1.807, 2.05) is 16.8 Å². The molecular formula is C27H33N3O4S. The van der Waals surface area contributed by atoms with Crippen molar-refractivity contribution in [2.45, 2.75) is 79.7 Å². The van der Waals surface area contributed by atoms with Crippen LogP contribution >= 0.6 is 11.8 Å². The summed E-state index contributed by atoms with van der Waals surface area (Å²) in [7, 11) is 1.37. The molecule has 0 aliphatic heterocycles. The molecule has 7 rings (SSSR count). The van der Waals surface area contributed by atoms with Crippen molar-refractivity contribution < 1.29 is 19.4 Å². The van der Waals surface area contributed by atoms with Crippen LogP contribution in [0.25, 0.3) is 5.69 Å². The van der Waals surface area contributed by atoms with Gasteiger partial charge in [0, 0.05) is 11.3 Å². The summed E-state index contributed by atoms with van der Waals surface area (Å²) in [6.45, 7) is 0. The van der Waals surface area contributed by atoms with Crippen molar-refractivity contribution >= 4 is 23.6 Å². The Morgan fingerprint density at radius 3 is 2.43 bits per heavy atom. The van der Waals surface area contributed by atoms with Gasteiger partial charge in [-0.3, -0.25) is 4.79 Å². The molecule has 0 spiro atoms. The molecule has 1 heterocycles. The van der Waals surface area contributed by atoms with Gasteiger partial charge in [0.15, 0.2) is 0 Å². The second-order valence-electron chi connectivity index (χ2n) is 11.0. The molecule has 2 aromatic rings. The van der Waals surface area contributed by atoms with Gasteiger partial charge in [0.25, 0.3) is 5.91 Å². The predicted octanol–water partition coefficient (Wildman–Crippen LogP) is 4.36. The third kappa shape index (κ3) is 4.29. The quantitative estimate of drug-likeness (QED) is 0.579. The zero-order valence-corrected chi connectivity index (χ0v) is 20.9. The average Bonchev–Trinajstić information content (AvgIpc) is 3.50. The van der Waals surface area contributed by atoms with Crippen molar-refractivity contribution in [2.24, 2.45) is 17.8 Å². The van der Waals surface area contributed by atoms with Gasteiger partial charge in [0.1, 0.15) is 5.03 Å². The molecule has 0 saturated heterocycles. The maximum absolute atomic E-state index is 13.6. The zero-order valence-electron chi connectivity index (χ0n) is 20.1. The van der Waals surface area contributed by atoms with Crippen molar-refractivity contribution in [1.82, 2.24) is 15.1 Å². The molecule has 7 nitrogen and oxygen atoms in total. The fourth-order valence-electron chi connectivity index (χ4n) is 7.26. The first-order chi connectivity index (χ1) is 16.9. The highest BCUT2D eigenvalue weighted by Gasteiger charge is 2.55. The van der Waals surface area contributed by atoms with Gasteiger partial charge < -0.3 is 15.2 Å². The minimum atomic E-state index is -0.511. The summed E-state index contributed by atoms with van der Waals surface area (Å²) >= 11 is 1.75. The Morgan fingerprint density at radius 2 is 1.80 bits per heavy atom. The largest absolute Gasteiger partial charge is 0.465 e. The number of carbonyl (C=O) groups is 2. The highest BCUT2D eigenvalue weighted by atomic mass is 32.2. The predicted molar refractivity (Wildman–Crippen MR) is 133 cm³/mol. The number of hydrogen-bond donors (Lipinski definition) is 2. The molecule has 3 unspecified atom stereocenters. The lowest BCUT2D eigenvalue weighted by atomic mass is 9.52. The van der Waals surface area contributed by atoms with Gasteiger partial charge >= 0.3 is 5.97 Å². The van der Waals surface area contributed by atoms with E-state index >= 15 is 0 Å². The minimum Gasteiger partial charge on any atom is -0.465 e. The second-order valence-corrected chi connectivity index (χ2v) is 12.3. The van der Waals surface area contributed by atoms with Crippen molar-refractivity contribution in [3.63, 3.8) is 0 Å². The van der Waals surface area contributed by atoms with E-state index in [2.05, 4.69) is 10.4 Å². The Labute approximate surface area is 210 Å². The van der Waals surface area contributed by atoms with Gasteiger partial charge in [-0.05, 0) is 87.0 Å². The second kappa shape index (κ2) is 8.96. The highest BCUT2D eigenvalue weighted by molar-refractivity contribution is 8.00. The van der Waals surface area contributed by atoms with Crippen molar-refractivity contribution in [3.8, 4) is 5.69 Å². The van der Waals surface area contributed by atoms with Crippen molar-refractivity contribution in [2.75, 3.05) is 7.11 Å². The topological polar surface area (TPSA) is 93.5 Å². The van der Waals surface area contributed by atoms with Gasteiger partial charge in [0.2, 0.25) is 0 Å². The number of esters is 1. The summed E-state index contributed by atoms with van der Waals surface area (Å²) in [6.07, 6.45) is 11.2. The number of rotatable bonds is 6. The van der Waals surface area contributed by atoms with Gasteiger partial charge in [0.05, 0.1) is 35.7 Å². The summed E-state index contributed by atoms with van der Waals surface area (Å²) in [6, 6.07) is 7.28. The number of nitrogens with zero attached hydrogens (tertiary/aromatic N) is 2. The van der Waals surface area contributed by atoms with Crippen LogP contribution in [0.3, 0.4) is 0 Å². The molecule has 186 valence electrons. The third-order valence-corrected chi connectivity index (χ3v) is 10.0. The lowest BCUT2D eigenvalue weighted by Crippen LogP contribution is -2.61. The van der Waals surface area contributed by atoms with Crippen LogP contribution in [-0.2, 0) is 4.74 Å². The number of benzene rings is 1. The van der Waals surface area contributed by atoms with Crippen molar-refractivity contribution in [1.29, 1.82) is 0 Å². The molecule has 5 aliphatic rings. The van der Waals surface area contributed by atoms with Crippen LogP contribution < -0.4 is 5.32 Å². The number of methoxy groups -OCH3 is 1. The lowest BCUT2D eigenvalue weighted by Gasteiger charge is -2.58. The van der Waals surface area contributed by atoms with Crippen LogP contribution in [0.4, 0.5) is 0 Å². The number of carbonyl (C=O) groups excluding carboxylic acids is 2. The molecule has 8 heteroatoms. The van der Waals surface area contributed by atoms with Gasteiger partial charge in [-0.1, -0.05) is 12.8 Å². The summed E-state index contributed by atoms with van der Waals surface area (Å²) in [5.41, 5.74) is 1.40. The van der Waals surface area contributed by atoms with Crippen LogP contribution in [0.1, 0.15) is 78.5 Å². The van der Waals surface area contributed by atoms with Crippen LogP contribution in [-0.4, -0.2) is 50.8 Å². The smallest absolute Gasteiger partial charge is 0.337 e. The zero-order chi connectivity index (χ0) is 24.2. The maximum atomic E-state index is 13.6. The van der Waals surface area contributed by atoms with E-state index in [4.69, 9.17) is 4.74 Å². The number of aromatic nitrogens is 2. The van der Waals surface area contributed by atoms with Gasteiger partial charge in [-0.2, -0.15) is 5.10 Å². The third-order valence-electron chi connectivity index (χ3n) is 8.62. The van der Waals surface area contributed by atoms with E-state index < -0.39 is 5.60 Å². The van der Waals surface area contributed by atoms with E-state index in [-0.39, 0.29) is 17.9 Å². The van der Waals surface area contributed by atoms with Crippen LogP contribution in [0.2, 0.25) is 0 Å². The first-order valence-electron chi connectivity index (χ1n) is 12.9. The van der Waals surface area contributed by atoms with Gasteiger partial charge in [-0.15, -0.1) is 11.8 Å². The van der Waals surface area contributed by atoms with Crippen LogP contribution in [0.15, 0.2) is 35.5 Å². The lowest BCUT2D eigenvalue weighted by molar-refractivity contribution is -0.136. The maximum Gasteiger partial charge on any atom is 0.337 e. The first kappa shape index (κ1) is 23.1. The number of amides is 1. The van der Waals surface area contributed by atoms with E-state index in [0.29, 0.717) is 34.1 Å². The Kier molecular flexibility index (Phi) is 5.92. The molecule has 35 heavy (non-hydrogen) atoms. The molecule has 2 N–H and O–H groups in total. The van der Waals surface area contributed by atoms with E-state index in [0.717, 1.165) is 55.7 Å². The average molecular weight is 496 g/mol. The fourth-order valence-corrected chi connectivity index (χ4v) is 8.67. The number of hydrogen-bond acceptors (Lipinski definition) is 6. The van der Waals surface area contributed by atoms with E-state index in [1.165, 1.54) is 20.0 Å². The summed E-state index contributed by atoms with van der Waals surface area (Å²) in [5.74, 6) is 0.893. The molecule has 1 aromatic heterocycles. The number of ether oxygens (including phenoxy) is 1. The molecule has 1 aromatic carbocycles. The van der Waals surface area contributed by atoms with E-state index in [9.17, 15) is 14.7 Å². The highest BCUT2D eigenvalue weighted by Crippen LogP contribution is 2.55. The first-order valence-corrected chi connectivity index (χ1v) is 13.8. The molecule has 5 saturated carbocycles. The molecule has 5 fully saturated rings. The minimum absolute atomic E-state index is 0.0626. The molecule has 0 radical (unpaired) electrons. The molecule has 4 bridgehead atoms. The summed E-state index contributed by atoms with van der Waals surface area (Å²) < 4.78 is 6.65. The fraction of sp³-hybridized carbons (Fsp3) is 0.593. The molecule has 5 aliphatic carbocycles. The Morgan fingerprint density at radius 1 is 1.11 bits per heavy atom. The van der Waals surface area contributed by atoms with E-state index in [1.54, 1.807) is 30.1 Å². The van der Waals surface area contributed by atoms with Crippen molar-refractivity contribution in [3.05, 3.63) is 41.6 Å². The Balaban J connectivity index is 1.27. The number of nitrogens with one attached hydrogen (secondary N) is 1. The van der Waals surface area contributed by atoms with Gasteiger partial charge in [-0.25, -0.2) is 9.48 Å².